The van der Waals surface area contributed by atoms with Crippen LogP contribution in [0.15, 0.2) is 48.5 Å². The van der Waals surface area contributed by atoms with E-state index in [9.17, 15) is 57.1 Å². The summed E-state index contributed by atoms with van der Waals surface area (Å²) < 4.78 is 182. The molecule has 0 amide bonds. The molecule has 0 saturated heterocycles. The van der Waals surface area contributed by atoms with E-state index in [-0.39, 0.29) is 5.75 Å². The average molecular weight is 630 g/mol. The van der Waals surface area contributed by atoms with E-state index in [0.717, 1.165) is 30.4 Å². The molecule has 0 spiro atoms. The third-order valence-corrected chi connectivity index (χ3v) is 6.21. The Bertz CT molecular complexity index is 1110. The maximum absolute atomic E-state index is 13.8. The van der Waals surface area contributed by atoms with Gasteiger partial charge >= 0.3 is 35.8 Å². The molecule has 2 aromatic rings. The highest BCUT2D eigenvalue weighted by Gasteiger charge is 2.90. The van der Waals surface area contributed by atoms with E-state index in [1.807, 2.05) is 12.1 Å². The standard InChI is InChI=1S/C27H27F13O2/c1-2-3-5-16-41-20-11-7-18(8-12-20)19-9-13-21(14-10-19)42-17-6-4-15-22(28,29)23(30,31)24(32,33)25(34,35)26(36,37)27(38,39)40/h7-14H,2-6,15-17H2,1H3. The van der Waals surface area contributed by atoms with Crippen molar-refractivity contribution in [3.05, 3.63) is 48.5 Å². The molecule has 0 aromatic heterocycles. The molecule has 0 radical (unpaired) electrons. The maximum atomic E-state index is 13.8. The summed E-state index contributed by atoms with van der Waals surface area (Å²) in [4.78, 5) is 0. The molecule has 2 rings (SSSR count). The van der Waals surface area contributed by atoms with Gasteiger partial charge in [0.15, 0.2) is 0 Å². The molecule has 0 bridgehead atoms. The fourth-order valence-electron chi connectivity index (χ4n) is 3.63. The number of rotatable bonds is 16. The third-order valence-electron chi connectivity index (χ3n) is 6.21. The zero-order valence-corrected chi connectivity index (χ0v) is 22.0. The Hall–Kier alpha value is -2.87. The number of benzene rings is 2. The second kappa shape index (κ2) is 13.2. The maximum Gasteiger partial charge on any atom is 0.460 e. The largest absolute Gasteiger partial charge is 0.494 e. The minimum absolute atomic E-state index is 0.201. The number of halogens is 13. The summed E-state index contributed by atoms with van der Waals surface area (Å²) in [6, 6.07) is 13.4. The number of unbranched alkanes of at least 4 members (excludes halogenated alkanes) is 3. The van der Waals surface area contributed by atoms with Gasteiger partial charge < -0.3 is 9.47 Å². The number of ether oxygens (including phenoxy) is 2. The summed E-state index contributed by atoms with van der Waals surface area (Å²) >= 11 is 0. The van der Waals surface area contributed by atoms with Crippen LogP contribution < -0.4 is 9.47 Å². The van der Waals surface area contributed by atoms with Crippen LogP contribution in [-0.4, -0.2) is 49.0 Å². The van der Waals surface area contributed by atoms with Gasteiger partial charge in [-0.2, -0.15) is 57.1 Å². The molecule has 0 aliphatic rings. The van der Waals surface area contributed by atoms with Gasteiger partial charge in [0.2, 0.25) is 0 Å². The predicted molar refractivity (Wildman–Crippen MR) is 127 cm³/mol. The Kier molecular flexibility index (Phi) is 11.1. The van der Waals surface area contributed by atoms with Crippen LogP contribution >= 0.6 is 0 Å². The third kappa shape index (κ3) is 7.36. The second-order valence-electron chi connectivity index (χ2n) is 9.41. The van der Waals surface area contributed by atoms with Gasteiger partial charge in [-0.25, -0.2) is 0 Å². The van der Waals surface area contributed by atoms with E-state index >= 15 is 0 Å². The van der Waals surface area contributed by atoms with Crippen LogP contribution in [0.5, 0.6) is 11.5 Å². The van der Waals surface area contributed by atoms with Crippen molar-refractivity contribution in [1.82, 2.24) is 0 Å². The molecule has 42 heavy (non-hydrogen) atoms. The molecule has 15 heteroatoms. The summed E-state index contributed by atoms with van der Waals surface area (Å²) in [5.41, 5.74) is 1.58. The molecule has 238 valence electrons. The molecule has 0 aliphatic heterocycles. The molecule has 2 nitrogen and oxygen atoms in total. The highest BCUT2D eigenvalue weighted by Crippen LogP contribution is 2.60. The summed E-state index contributed by atoms with van der Waals surface area (Å²) in [5.74, 6) is -35.8. The van der Waals surface area contributed by atoms with E-state index in [1.54, 1.807) is 24.3 Å². The normalized spacial score (nSPS) is 13.8. The van der Waals surface area contributed by atoms with Crippen LogP contribution in [0.1, 0.15) is 45.4 Å². The lowest BCUT2D eigenvalue weighted by Crippen LogP contribution is -2.70. The number of alkyl halides is 13. The van der Waals surface area contributed by atoms with Gasteiger partial charge in [-0.1, -0.05) is 44.0 Å². The van der Waals surface area contributed by atoms with Crippen molar-refractivity contribution >= 4 is 0 Å². The SMILES string of the molecule is CCCCCOc1ccc(-c2ccc(OCCCCC(F)(F)C(F)(F)C(F)(F)C(F)(F)C(F)(F)C(F)(F)F)cc2)cc1. The van der Waals surface area contributed by atoms with Crippen molar-refractivity contribution in [2.24, 2.45) is 0 Å². The molecule has 0 unspecified atom stereocenters. The van der Waals surface area contributed by atoms with Crippen LogP contribution in [0.4, 0.5) is 57.1 Å². The highest BCUT2D eigenvalue weighted by atomic mass is 19.4. The predicted octanol–water partition coefficient (Wildman–Crippen LogP) is 10.2. The Labute approximate surface area is 232 Å². The zero-order valence-electron chi connectivity index (χ0n) is 22.0. The van der Waals surface area contributed by atoms with Crippen LogP contribution in [0.2, 0.25) is 0 Å². The summed E-state index contributed by atoms with van der Waals surface area (Å²) in [6.07, 6.45) is -8.18. The summed E-state index contributed by atoms with van der Waals surface area (Å²) in [7, 11) is 0. The van der Waals surface area contributed by atoms with E-state index in [0.29, 0.717) is 12.4 Å². The fourth-order valence-corrected chi connectivity index (χ4v) is 3.63. The molecule has 0 atom stereocenters. The Morgan fingerprint density at radius 3 is 1.24 bits per heavy atom. The highest BCUT2D eigenvalue weighted by molar-refractivity contribution is 5.64. The first-order chi connectivity index (χ1) is 19.2. The Morgan fingerprint density at radius 1 is 0.476 bits per heavy atom. The first kappa shape index (κ1) is 35.3. The van der Waals surface area contributed by atoms with E-state index in [4.69, 9.17) is 9.47 Å². The average Bonchev–Trinajstić information content (AvgIpc) is 2.90. The van der Waals surface area contributed by atoms with Crippen molar-refractivity contribution < 1.29 is 66.5 Å². The van der Waals surface area contributed by atoms with E-state index < -0.39 is 61.7 Å². The lowest BCUT2D eigenvalue weighted by Gasteiger charge is -2.39. The van der Waals surface area contributed by atoms with Gasteiger partial charge in [0.25, 0.3) is 0 Å². The van der Waals surface area contributed by atoms with Gasteiger partial charge in [-0.15, -0.1) is 0 Å². The van der Waals surface area contributed by atoms with E-state index in [2.05, 4.69) is 6.92 Å². The lowest BCUT2D eigenvalue weighted by molar-refractivity contribution is -0.440. The van der Waals surface area contributed by atoms with Crippen LogP contribution in [-0.2, 0) is 0 Å². The Balaban J connectivity index is 1.91. The first-order valence-electron chi connectivity index (χ1n) is 12.6. The van der Waals surface area contributed by atoms with E-state index in [1.165, 1.54) is 12.1 Å². The first-order valence-corrected chi connectivity index (χ1v) is 12.6. The number of hydrogen-bond acceptors (Lipinski definition) is 2. The van der Waals surface area contributed by atoms with Crippen molar-refractivity contribution in [1.29, 1.82) is 0 Å². The van der Waals surface area contributed by atoms with Crippen molar-refractivity contribution in [3.63, 3.8) is 0 Å². The molecule has 0 N–H and O–H groups in total. The van der Waals surface area contributed by atoms with Gasteiger partial charge in [0.05, 0.1) is 13.2 Å². The minimum atomic E-state index is -7.88. The molecule has 0 saturated carbocycles. The molecule has 0 fully saturated rings. The van der Waals surface area contributed by atoms with Crippen molar-refractivity contribution in [2.45, 2.75) is 81.2 Å². The smallest absolute Gasteiger partial charge is 0.460 e. The fraction of sp³-hybridized carbons (Fsp3) is 0.556. The summed E-state index contributed by atoms with van der Waals surface area (Å²) in [6.45, 7) is 2.23. The topological polar surface area (TPSA) is 18.5 Å². The molecular formula is C27H27F13O2. The second-order valence-corrected chi connectivity index (χ2v) is 9.41. The quantitative estimate of drug-likeness (QED) is 0.136. The van der Waals surface area contributed by atoms with Gasteiger partial charge in [0.1, 0.15) is 11.5 Å². The van der Waals surface area contributed by atoms with Crippen LogP contribution in [0.25, 0.3) is 11.1 Å². The Morgan fingerprint density at radius 2 is 0.857 bits per heavy atom. The molecule has 2 aromatic carbocycles. The van der Waals surface area contributed by atoms with Gasteiger partial charge in [0, 0.05) is 6.42 Å². The lowest BCUT2D eigenvalue weighted by atomic mass is 9.92. The van der Waals surface area contributed by atoms with Crippen LogP contribution in [0.3, 0.4) is 0 Å². The molecular weight excluding hydrogens is 603 g/mol. The minimum Gasteiger partial charge on any atom is -0.494 e. The molecule has 0 heterocycles. The zero-order chi connectivity index (χ0) is 32.0. The van der Waals surface area contributed by atoms with Crippen LogP contribution in [0, 0.1) is 0 Å². The van der Waals surface area contributed by atoms with Gasteiger partial charge in [-0.3, -0.25) is 0 Å². The monoisotopic (exact) mass is 630 g/mol. The van der Waals surface area contributed by atoms with Crippen molar-refractivity contribution in [2.75, 3.05) is 13.2 Å². The summed E-state index contributed by atoms with van der Waals surface area (Å²) in [5, 5.41) is 0. The number of hydrogen-bond donors (Lipinski definition) is 0. The van der Waals surface area contributed by atoms with Gasteiger partial charge in [-0.05, 0) is 54.7 Å². The van der Waals surface area contributed by atoms with Crippen molar-refractivity contribution in [3.8, 4) is 22.6 Å². The molecule has 0 aliphatic carbocycles.